The van der Waals surface area contributed by atoms with Gasteiger partial charge in [-0.15, -0.1) is 0 Å². The SMILES string of the molecule is O=C(C1CC(c2ccccc2O)NN1)N1CC[C@@H](Nc2ncccn2)[C@H](O)C1. The summed E-state index contributed by atoms with van der Waals surface area (Å²) >= 11 is 0. The van der Waals surface area contributed by atoms with E-state index < -0.39 is 12.1 Å². The number of hydrogen-bond donors (Lipinski definition) is 5. The number of carbonyl (C=O) groups excluding carboxylic acids is 1. The second-order valence-corrected chi connectivity index (χ2v) is 7.15. The lowest BCUT2D eigenvalue weighted by molar-refractivity contribution is -0.136. The number of aromatic nitrogens is 2. The lowest BCUT2D eigenvalue weighted by Crippen LogP contribution is -2.55. The Morgan fingerprint density at radius 3 is 2.71 bits per heavy atom. The molecule has 0 spiro atoms. The maximum atomic E-state index is 12.9. The van der Waals surface area contributed by atoms with Gasteiger partial charge in [0.1, 0.15) is 11.8 Å². The van der Waals surface area contributed by atoms with Crippen molar-refractivity contribution in [2.75, 3.05) is 18.4 Å². The van der Waals surface area contributed by atoms with Gasteiger partial charge in [0.2, 0.25) is 11.9 Å². The first-order chi connectivity index (χ1) is 13.6. The molecule has 2 aromatic rings. The van der Waals surface area contributed by atoms with E-state index in [9.17, 15) is 15.0 Å². The van der Waals surface area contributed by atoms with Crippen LogP contribution in [0.15, 0.2) is 42.7 Å². The minimum Gasteiger partial charge on any atom is -0.508 e. The molecular weight excluding hydrogens is 360 g/mol. The number of phenols is 1. The Morgan fingerprint density at radius 1 is 1.18 bits per heavy atom. The summed E-state index contributed by atoms with van der Waals surface area (Å²) in [5.41, 5.74) is 6.87. The first-order valence-corrected chi connectivity index (χ1v) is 9.41. The van der Waals surface area contributed by atoms with E-state index in [1.54, 1.807) is 35.5 Å². The Morgan fingerprint density at radius 2 is 1.96 bits per heavy atom. The minimum atomic E-state index is -0.704. The molecule has 4 atom stereocenters. The number of aliphatic hydroxyl groups excluding tert-OH is 1. The number of nitrogens with one attached hydrogen (secondary N) is 3. The number of carbonyl (C=O) groups is 1. The number of piperidine rings is 1. The Bertz CT molecular complexity index is 820. The number of likely N-dealkylation sites (tertiary alicyclic amines) is 1. The molecule has 0 aliphatic carbocycles. The lowest BCUT2D eigenvalue weighted by Gasteiger charge is -2.37. The smallest absolute Gasteiger partial charge is 0.241 e. The van der Waals surface area contributed by atoms with Crippen molar-refractivity contribution in [1.29, 1.82) is 0 Å². The third kappa shape index (κ3) is 3.91. The predicted molar refractivity (Wildman–Crippen MR) is 102 cm³/mol. The average Bonchev–Trinajstić information content (AvgIpc) is 3.20. The van der Waals surface area contributed by atoms with Crippen molar-refractivity contribution in [2.24, 2.45) is 0 Å². The van der Waals surface area contributed by atoms with E-state index in [0.29, 0.717) is 25.3 Å². The van der Waals surface area contributed by atoms with Gasteiger partial charge in [-0.3, -0.25) is 4.79 Å². The Labute approximate surface area is 162 Å². The fourth-order valence-electron chi connectivity index (χ4n) is 3.76. The van der Waals surface area contributed by atoms with Crippen molar-refractivity contribution in [3.63, 3.8) is 0 Å². The molecular formula is C19H24N6O3. The molecule has 148 valence electrons. The van der Waals surface area contributed by atoms with Crippen molar-refractivity contribution in [3.05, 3.63) is 48.3 Å². The van der Waals surface area contributed by atoms with Gasteiger partial charge in [-0.2, -0.15) is 0 Å². The molecule has 28 heavy (non-hydrogen) atoms. The van der Waals surface area contributed by atoms with E-state index in [-0.39, 0.29) is 30.3 Å². The number of aliphatic hydroxyl groups is 1. The summed E-state index contributed by atoms with van der Waals surface area (Å²) in [5, 5.41) is 23.6. The highest BCUT2D eigenvalue weighted by atomic mass is 16.3. The molecule has 9 heteroatoms. The average molecular weight is 384 g/mol. The van der Waals surface area contributed by atoms with Gasteiger partial charge >= 0.3 is 0 Å². The molecule has 0 saturated carbocycles. The zero-order chi connectivity index (χ0) is 19.5. The molecule has 1 amide bonds. The van der Waals surface area contributed by atoms with Gasteiger partial charge in [-0.1, -0.05) is 18.2 Å². The van der Waals surface area contributed by atoms with Crippen molar-refractivity contribution in [1.82, 2.24) is 25.7 Å². The Kier molecular flexibility index (Phi) is 5.38. The second kappa shape index (κ2) is 8.09. The monoisotopic (exact) mass is 384 g/mol. The molecule has 4 rings (SSSR count). The number of para-hydroxylation sites is 1. The van der Waals surface area contributed by atoms with Gasteiger partial charge < -0.3 is 20.4 Å². The first-order valence-electron chi connectivity index (χ1n) is 9.41. The number of β-amino-alcohol motifs (C(OH)–C–C–N with tert-alkyl or cyclic N) is 1. The van der Waals surface area contributed by atoms with E-state index in [0.717, 1.165) is 5.56 Å². The highest BCUT2D eigenvalue weighted by molar-refractivity contribution is 5.82. The van der Waals surface area contributed by atoms with Crippen LogP contribution in [-0.2, 0) is 4.79 Å². The molecule has 2 unspecified atom stereocenters. The van der Waals surface area contributed by atoms with Crippen LogP contribution >= 0.6 is 0 Å². The normalized spacial score (nSPS) is 27.5. The third-order valence-electron chi connectivity index (χ3n) is 5.29. The quantitative estimate of drug-likeness (QED) is 0.505. The molecule has 0 radical (unpaired) electrons. The summed E-state index contributed by atoms with van der Waals surface area (Å²) in [6.07, 6.45) is 3.71. The fraction of sp³-hybridized carbons (Fsp3) is 0.421. The lowest BCUT2D eigenvalue weighted by atomic mass is 9.98. The number of hydrogen-bond acceptors (Lipinski definition) is 8. The van der Waals surface area contributed by atoms with E-state index in [1.165, 1.54) is 0 Å². The zero-order valence-electron chi connectivity index (χ0n) is 15.3. The van der Waals surface area contributed by atoms with Crippen LogP contribution in [0.25, 0.3) is 0 Å². The molecule has 0 bridgehead atoms. The number of amides is 1. The fourth-order valence-corrected chi connectivity index (χ4v) is 3.76. The van der Waals surface area contributed by atoms with E-state index in [2.05, 4.69) is 26.1 Å². The van der Waals surface area contributed by atoms with Crippen LogP contribution in [0, 0.1) is 0 Å². The van der Waals surface area contributed by atoms with Crippen LogP contribution in [-0.4, -0.2) is 62.3 Å². The van der Waals surface area contributed by atoms with Gasteiger partial charge in [0.15, 0.2) is 0 Å². The summed E-state index contributed by atoms with van der Waals surface area (Å²) in [4.78, 5) is 22.8. The standard InChI is InChI=1S/C19H24N6O3/c26-16-5-2-1-4-12(16)14-10-15(24-23-14)18(28)25-9-6-13(17(27)11-25)22-19-20-7-3-8-21-19/h1-5,7-8,13-15,17,23-24,26-27H,6,9-11H2,(H,20,21,22)/t13-,14?,15?,17-/m1/s1. The molecule has 1 aromatic heterocycles. The maximum Gasteiger partial charge on any atom is 0.241 e. The van der Waals surface area contributed by atoms with Crippen molar-refractivity contribution < 1.29 is 15.0 Å². The summed E-state index contributed by atoms with van der Waals surface area (Å²) in [7, 11) is 0. The third-order valence-corrected chi connectivity index (χ3v) is 5.29. The molecule has 1 aromatic carbocycles. The molecule has 9 nitrogen and oxygen atoms in total. The predicted octanol–water partition coefficient (Wildman–Crippen LogP) is 0.164. The molecule has 2 aliphatic heterocycles. The van der Waals surface area contributed by atoms with Crippen LogP contribution in [0.3, 0.4) is 0 Å². The molecule has 5 N–H and O–H groups in total. The number of nitrogens with zero attached hydrogens (tertiary/aromatic N) is 3. The van der Waals surface area contributed by atoms with Gasteiger partial charge in [0.05, 0.1) is 18.2 Å². The van der Waals surface area contributed by atoms with Crippen LogP contribution in [0.1, 0.15) is 24.4 Å². The summed E-state index contributed by atoms with van der Waals surface area (Å²) in [6.45, 7) is 0.794. The molecule has 2 aliphatic rings. The topological polar surface area (TPSA) is 123 Å². The zero-order valence-corrected chi connectivity index (χ0v) is 15.3. The van der Waals surface area contributed by atoms with Crippen molar-refractivity contribution in [2.45, 2.75) is 37.1 Å². The molecule has 3 heterocycles. The Hall–Kier alpha value is -2.75. The number of anilines is 1. The van der Waals surface area contributed by atoms with Gasteiger partial charge in [0.25, 0.3) is 0 Å². The largest absolute Gasteiger partial charge is 0.508 e. The van der Waals surface area contributed by atoms with Crippen molar-refractivity contribution in [3.8, 4) is 5.75 Å². The maximum absolute atomic E-state index is 12.9. The summed E-state index contributed by atoms with van der Waals surface area (Å²) < 4.78 is 0. The van der Waals surface area contributed by atoms with Crippen LogP contribution in [0.2, 0.25) is 0 Å². The van der Waals surface area contributed by atoms with Gasteiger partial charge in [-0.05, 0) is 25.0 Å². The minimum absolute atomic E-state index is 0.0566. The number of benzene rings is 1. The highest BCUT2D eigenvalue weighted by Gasteiger charge is 2.37. The Balaban J connectivity index is 1.33. The van der Waals surface area contributed by atoms with Crippen molar-refractivity contribution >= 4 is 11.9 Å². The van der Waals surface area contributed by atoms with Crippen LogP contribution < -0.4 is 16.2 Å². The number of hydrazine groups is 1. The number of rotatable bonds is 4. The molecule has 2 saturated heterocycles. The van der Waals surface area contributed by atoms with E-state index in [4.69, 9.17) is 0 Å². The first kappa shape index (κ1) is 18.6. The van der Waals surface area contributed by atoms with Gasteiger partial charge in [0, 0.05) is 31.0 Å². The van der Waals surface area contributed by atoms with E-state index in [1.807, 2.05) is 12.1 Å². The van der Waals surface area contributed by atoms with Crippen LogP contribution in [0.5, 0.6) is 5.75 Å². The number of aromatic hydroxyl groups is 1. The van der Waals surface area contributed by atoms with Gasteiger partial charge in [-0.25, -0.2) is 20.8 Å². The highest BCUT2D eigenvalue weighted by Crippen LogP contribution is 2.30. The van der Waals surface area contributed by atoms with Crippen LogP contribution in [0.4, 0.5) is 5.95 Å². The second-order valence-electron chi connectivity index (χ2n) is 7.15. The number of phenolic OH excluding ortho intramolecular Hbond substituents is 1. The summed E-state index contributed by atoms with van der Waals surface area (Å²) in [5.74, 6) is 0.623. The van der Waals surface area contributed by atoms with E-state index >= 15 is 0 Å². The molecule has 2 fully saturated rings. The summed E-state index contributed by atoms with van der Waals surface area (Å²) in [6, 6.07) is 8.09.